The van der Waals surface area contributed by atoms with Gasteiger partial charge in [-0.1, -0.05) is 61.9 Å². The van der Waals surface area contributed by atoms with Crippen LogP contribution in [0.3, 0.4) is 0 Å². The second-order valence-electron chi connectivity index (χ2n) is 9.60. The zero-order valence-corrected chi connectivity index (χ0v) is 22.3. The van der Waals surface area contributed by atoms with Crippen LogP contribution in [0.1, 0.15) is 53.1 Å². The molecule has 1 aliphatic rings. The van der Waals surface area contributed by atoms with Crippen LogP contribution in [-0.4, -0.2) is 21.1 Å². The molecule has 1 N–H and O–H groups in total. The van der Waals surface area contributed by atoms with Crippen molar-refractivity contribution in [3.63, 3.8) is 0 Å². The van der Waals surface area contributed by atoms with Gasteiger partial charge >= 0.3 is 0 Å². The first-order valence-electron chi connectivity index (χ1n) is 11.9. The van der Waals surface area contributed by atoms with Crippen LogP contribution >= 0.6 is 22.9 Å². The lowest BCUT2D eigenvalue weighted by molar-refractivity contribution is 0.474. The molecule has 0 saturated carbocycles. The van der Waals surface area contributed by atoms with Crippen molar-refractivity contribution < 1.29 is 5.11 Å². The fourth-order valence-corrected chi connectivity index (χ4v) is 6.07. The number of nitriles is 1. The Balaban J connectivity index is 1.50. The SMILES string of the molecule is Cc1nn(-c2ccccc2)c(Cl)c1/C=C\C1=Cc2c(sc(/N=C/c3ccccc3O)c2C#N)C(C)(C)C1. The molecule has 7 heteroatoms. The maximum Gasteiger partial charge on any atom is 0.140 e. The van der Waals surface area contributed by atoms with Crippen molar-refractivity contribution in [1.29, 1.82) is 5.26 Å². The Morgan fingerprint density at radius 2 is 1.86 bits per heavy atom. The number of rotatable bonds is 5. The summed E-state index contributed by atoms with van der Waals surface area (Å²) < 4.78 is 1.75. The van der Waals surface area contributed by atoms with Gasteiger partial charge in [0.25, 0.3) is 0 Å². The average molecular weight is 525 g/mol. The van der Waals surface area contributed by atoms with Crippen LogP contribution in [0.2, 0.25) is 5.15 Å². The van der Waals surface area contributed by atoms with Gasteiger partial charge < -0.3 is 5.11 Å². The molecule has 37 heavy (non-hydrogen) atoms. The van der Waals surface area contributed by atoms with Gasteiger partial charge in [0.1, 0.15) is 22.0 Å². The maximum absolute atomic E-state index is 10.1. The molecule has 5 nitrogen and oxygen atoms in total. The van der Waals surface area contributed by atoms with Gasteiger partial charge in [0.05, 0.1) is 16.9 Å². The van der Waals surface area contributed by atoms with E-state index in [1.54, 1.807) is 29.1 Å². The zero-order valence-electron chi connectivity index (χ0n) is 20.7. The average Bonchev–Trinajstić information content (AvgIpc) is 3.39. The Labute approximate surface area is 225 Å². The van der Waals surface area contributed by atoms with E-state index in [9.17, 15) is 10.4 Å². The van der Waals surface area contributed by atoms with Crippen molar-refractivity contribution in [2.24, 2.45) is 4.99 Å². The van der Waals surface area contributed by atoms with E-state index >= 15 is 0 Å². The first kappa shape index (κ1) is 24.8. The van der Waals surface area contributed by atoms with Gasteiger partial charge in [-0.25, -0.2) is 9.67 Å². The molecule has 0 bridgehead atoms. The summed E-state index contributed by atoms with van der Waals surface area (Å²) in [4.78, 5) is 5.72. The highest BCUT2D eigenvalue weighted by atomic mass is 35.5. The molecule has 2 aromatic carbocycles. The van der Waals surface area contributed by atoms with E-state index in [0.29, 0.717) is 21.3 Å². The normalized spacial score (nSPS) is 14.6. The Bertz CT molecular complexity index is 1620. The second-order valence-corrected chi connectivity index (χ2v) is 11.0. The third-order valence-electron chi connectivity index (χ3n) is 6.40. The fraction of sp³-hybridized carbons (Fsp3) is 0.167. The number of aliphatic imine (C=N–C) groups is 1. The summed E-state index contributed by atoms with van der Waals surface area (Å²) in [5, 5.41) is 25.9. The summed E-state index contributed by atoms with van der Waals surface area (Å²) in [5.41, 5.74) is 5.63. The van der Waals surface area contributed by atoms with Crippen molar-refractivity contribution >= 4 is 46.3 Å². The molecular weight excluding hydrogens is 500 g/mol. The van der Waals surface area contributed by atoms with Crippen LogP contribution in [0.15, 0.2) is 71.2 Å². The van der Waals surface area contributed by atoms with Crippen LogP contribution < -0.4 is 0 Å². The third-order valence-corrected chi connectivity index (χ3v) is 8.24. The minimum absolute atomic E-state index is 0.156. The molecule has 0 aliphatic heterocycles. The molecule has 2 heterocycles. The van der Waals surface area contributed by atoms with Gasteiger partial charge in [-0.05, 0) is 55.3 Å². The van der Waals surface area contributed by atoms with E-state index in [-0.39, 0.29) is 11.2 Å². The number of halogens is 1. The van der Waals surface area contributed by atoms with Gasteiger partial charge in [0.2, 0.25) is 0 Å². The van der Waals surface area contributed by atoms with Crippen LogP contribution in [0.4, 0.5) is 5.00 Å². The molecule has 0 fully saturated rings. The number of hydrogen-bond donors (Lipinski definition) is 1. The molecule has 5 rings (SSSR count). The van der Waals surface area contributed by atoms with E-state index in [4.69, 9.17) is 11.6 Å². The van der Waals surface area contributed by atoms with Crippen LogP contribution in [0.25, 0.3) is 17.8 Å². The van der Waals surface area contributed by atoms with E-state index in [0.717, 1.165) is 39.4 Å². The molecule has 0 spiro atoms. The van der Waals surface area contributed by atoms with Gasteiger partial charge in [-0.3, -0.25) is 0 Å². The summed E-state index contributed by atoms with van der Waals surface area (Å²) in [6.45, 7) is 6.32. The van der Waals surface area contributed by atoms with E-state index in [1.807, 2.05) is 49.4 Å². The molecule has 0 atom stereocenters. The number of allylic oxidation sites excluding steroid dienone is 2. The van der Waals surface area contributed by atoms with Crippen molar-refractivity contribution in [3.8, 4) is 17.5 Å². The van der Waals surface area contributed by atoms with Gasteiger partial charge in [-0.2, -0.15) is 10.4 Å². The minimum Gasteiger partial charge on any atom is -0.507 e. The summed E-state index contributed by atoms with van der Waals surface area (Å²) in [6, 6.07) is 19.2. The van der Waals surface area contributed by atoms with Crippen molar-refractivity contribution in [1.82, 2.24) is 9.78 Å². The molecular formula is C30H25ClN4OS. The fourth-order valence-electron chi connectivity index (χ4n) is 4.56. The number of phenolic OH excluding ortho intramolecular Hbond substituents is 1. The minimum atomic E-state index is -0.171. The quantitative estimate of drug-likeness (QED) is 0.269. The number of phenols is 1. The lowest BCUT2D eigenvalue weighted by atomic mass is 9.77. The molecule has 2 aromatic heterocycles. The largest absolute Gasteiger partial charge is 0.507 e. The highest BCUT2D eigenvalue weighted by Crippen LogP contribution is 2.48. The maximum atomic E-state index is 10.1. The Kier molecular flexibility index (Phi) is 6.59. The number of para-hydroxylation sites is 2. The molecule has 0 unspecified atom stereocenters. The molecule has 1 aliphatic carbocycles. The second kappa shape index (κ2) is 9.85. The summed E-state index contributed by atoms with van der Waals surface area (Å²) >= 11 is 8.26. The number of nitrogens with zero attached hydrogens (tertiary/aromatic N) is 4. The van der Waals surface area contributed by atoms with E-state index < -0.39 is 0 Å². The number of fused-ring (bicyclic) bond motifs is 1. The summed E-state index contributed by atoms with van der Waals surface area (Å²) in [5.74, 6) is 0.156. The first-order valence-corrected chi connectivity index (χ1v) is 13.1. The molecule has 4 aromatic rings. The predicted octanol–water partition coefficient (Wildman–Crippen LogP) is 8.00. The standard InChI is InChI=1S/C30H25ClN4OS/c1-19-23(28(31)35(34-19)22-10-5-4-6-11-22)14-13-20-15-24-25(17-32)29(37-27(24)30(2,3)16-20)33-18-21-9-7-8-12-26(21)36/h4-15,18,36H,16H2,1-3H3/b14-13-,33-18+. The lowest BCUT2D eigenvalue weighted by Crippen LogP contribution is -2.20. The van der Waals surface area contributed by atoms with Crippen LogP contribution in [0.5, 0.6) is 5.75 Å². The molecule has 0 saturated heterocycles. The number of aryl methyl sites for hydroxylation is 1. The number of aromatic nitrogens is 2. The Morgan fingerprint density at radius 3 is 2.59 bits per heavy atom. The summed E-state index contributed by atoms with van der Waals surface area (Å²) in [7, 11) is 0. The van der Waals surface area contributed by atoms with Gasteiger partial charge in [-0.15, -0.1) is 11.3 Å². The summed E-state index contributed by atoms with van der Waals surface area (Å²) in [6.07, 6.45) is 8.58. The van der Waals surface area contributed by atoms with Crippen molar-refractivity contribution in [2.45, 2.75) is 32.6 Å². The Morgan fingerprint density at radius 1 is 1.14 bits per heavy atom. The lowest BCUT2D eigenvalue weighted by Gasteiger charge is -2.29. The molecule has 184 valence electrons. The predicted molar refractivity (Wildman–Crippen MR) is 152 cm³/mol. The first-order chi connectivity index (χ1) is 17.8. The van der Waals surface area contributed by atoms with E-state index in [2.05, 4.69) is 42.2 Å². The van der Waals surface area contributed by atoms with Gasteiger partial charge in [0, 0.05) is 33.2 Å². The van der Waals surface area contributed by atoms with Crippen molar-refractivity contribution in [2.75, 3.05) is 0 Å². The highest BCUT2D eigenvalue weighted by Gasteiger charge is 2.33. The number of benzene rings is 2. The highest BCUT2D eigenvalue weighted by molar-refractivity contribution is 7.16. The molecule has 0 amide bonds. The van der Waals surface area contributed by atoms with Crippen LogP contribution in [-0.2, 0) is 5.41 Å². The number of thiophene rings is 1. The topological polar surface area (TPSA) is 74.2 Å². The van der Waals surface area contributed by atoms with Crippen LogP contribution in [0, 0.1) is 18.3 Å². The van der Waals surface area contributed by atoms with Crippen molar-refractivity contribution in [3.05, 3.63) is 104 Å². The monoisotopic (exact) mass is 524 g/mol. The van der Waals surface area contributed by atoms with Gasteiger partial charge in [0.15, 0.2) is 0 Å². The molecule has 0 radical (unpaired) electrons. The number of aromatic hydroxyl groups is 1. The zero-order chi connectivity index (χ0) is 26.2. The number of hydrogen-bond acceptors (Lipinski definition) is 5. The van der Waals surface area contributed by atoms with E-state index in [1.165, 1.54) is 11.3 Å². The smallest absolute Gasteiger partial charge is 0.140 e. The third kappa shape index (κ3) is 4.76. The Hall–Kier alpha value is -3.92.